The Hall–Kier alpha value is -1.43. The van der Waals surface area contributed by atoms with Gasteiger partial charge in [0.05, 0.1) is 0 Å². The smallest absolute Gasteiger partial charge is 0.476 e. The summed E-state index contributed by atoms with van der Waals surface area (Å²) >= 11 is 0. The molecule has 1 atom stereocenters. The minimum absolute atomic E-state index is 0.292. The first kappa shape index (κ1) is 11.6. The van der Waals surface area contributed by atoms with E-state index in [9.17, 15) is 13.2 Å². The van der Waals surface area contributed by atoms with Crippen molar-refractivity contribution in [2.75, 3.05) is 0 Å². The molecule has 1 unspecified atom stereocenters. The minimum atomic E-state index is -4.68. The summed E-state index contributed by atoms with van der Waals surface area (Å²) in [6.45, 7) is 1.61. The van der Waals surface area contributed by atoms with Crippen molar-refractivity contribution in [3.8, 4) is 11.5 Å². The largest absolute Gasteiger partial charge is 0.573 e. The van der Waals surface area contributed by atoms with Crippen molar-refractivity contribution in [1.82, 2.24) is 0 Å². The Balaban J connectivity index is 2.64. The van der Waals surface area contributed by atoms with Gasteiger partial charge in [0.1, 0.15) is 17.7 Å². The van der Waals surface area contributed by atoms with E-state index in [4.69, 9.17) is 10.5 Å². The Morgan fingerprint density at radius 3 is 2.00 bits per heavy atom. The molecule has 0 saturated carbocycles. The second-order valence-corrected chi connectivity index (χ2v) is 2.84. The van der Waals surface area contributed by atoms with Gasteiger partial charge in [0.2, 0.25) is 0 Å². The molecule has 84 valence electrons. The van der Waals surface area contributed by atoms with Gasteiger partial charge in [-0.25, -0.2) is 0 Å². The monoisotopic (exact) mass is 221 g/mol. The van der Waals surface area contributed by atoms with Crippen LogP contribution in [0.5, 0.6) is 11.5 Å². The Bertz CT molecular complexity index is 308. The van der Waals surface area contributed by atoms with E-state index in [2.05, 4.69) is 4.74 Å². The highest BCUT2D eigenvalue weighted by Gasteiger charge is 2.30. The summed E-state index contributed by atoms with van der Waals surface area (Å²) in [5.74, 6) is 0.0963. The summed E-state index contributed by atoms with van der Waals surface area (Å²) in [4.78, 5) is 0. The Morgan fingerprint density at radius 2 is 1.60 bits per heavy atom. The quantitative estimate of drug-likeness (QED) is 0.796. The molecule has 0 aliphatic rings. The number of benzene rings is 1. The molecular weight excluding hydrogens is 211 g/mol. The summed E-state index contributed by atoms with van der Waals surface area (Å²) in [6, 6.07) is 5.02. The van der Waals surface area contributed by atoms with Gasteiger partial charge in [-0.05, 0) is 31.2 Å². The molecular formula is C9H10F3NO2. The molecule has 3 nitrogen and oxygen atoms in total. The van der Waals surface area contributed by atoms with Gasteiger partial charge in [-0.15, -0.1) is 13.2 Å². The molecule has 1 rings (SSSR count). The molecule has 0 bridgehead atoms. The molecule has 2 N–H and O–H groups in total. The molecule has 15 heavy (non-hydrogen) atoms. The van der Waals surface area contributed by atoms with Gasteiger partial charge in [0.25, 0.3) is 0 Å². The fourth-order valence-electron chi connectivity index (χ4n) is 0.935. The normalized spacial score (nSPS) is 13.4. The van der Waals surface area contributed by atoms with Crippen LogP contribution in [0.25, 0.3) is 0 Å². The van der Waals surface area contributed by atoms with Crippen LogP contribution < -0.4 is 15.2 Å². The third-order valence-corrected chi connectivity index (χ3v) is 1.38. The second kappa shape index (κ2) is 4.39. The van der Waals surface area contributed by atoms with Gasteiger partial charge in [0.15, 0.2) is 0 Å². The van der Waals surface area contributed by atoms with E-state index in [0.29, 0.717) is 5.75 Å². The van der Waals surface area contributed by atoms with Crippen LogP contribution in [-0.2, 0) is 0 Å². The lowest BCUT2D eigenvalue weighted by molar-refractivity contribution is -0.274. The highest BCUT2D eigenvalue weighted by atomic mass is 19.4. The highest BCUT2D eigenvalue weighted by molar-refractivity contribution is 5.31. The zero-order chi connectivity index (χ0) is 11.5. The number of hydrogen-bond acceptors (Lipinski definition) is 3. The van der Waals surface area contributed by atoms with Crippen molar-refractivity contribution in [1.29, 1.82) is 0 Å². The zero-order valence-corrected chi connectivity index (χ0v) is 7.91. The first-order valence-corrected chi connectivity index (χ1v) is 4.15. The van der Waals surface area contributed by atoms with E-state index in [1.54, 1.807) is 6.92 Å². The van der Waals surface area contributed by atoms with Gasteiger partial charge in [-0.3, -0.25) is 5.73 Å². The lowest BCUT2D eigenvalue weighted by Gasteiger charge is -2.11. The number of hydrogen-bond donors (Lipinski definition) is 1. The van der Waals surface area contributed by atoms with Crippen molar-refractivity contribution >= 4 is 0 Å². The van der Waals surface area contributed by atoms with Gasteiger partial charge in [0, 0.05) is 0 Å². The maximum atomic E-state index is 11.8. The van der Waals surface area contributed by atoms with Crippen LogP contribution >= 0.6 is 0 Å². The van der Waals surface area contributed by atoms with E-state index < -0.39 is 12.6 Å². The number of alkyl halides is 3. The molecule has 1 aromatic rings. The van der Waals surface area contributed by atoms with Gasteiger partial charge in [-0.2, -0.15) is 0 Å². The standard InChI is InChI=1S/C9H10F3NO2/c1-6(13)14-7-2-4-8(5-3-7)15-9(10,11)12/h2-6H,13H2,1H3. The van der Waals surface area contributed by atoms with Gasteiger partial charge in [-0.1, -0.05) is 0 Å². The molecule has 0 radical (unpaired) electrons. The van der Waals surface area contributed by atoms with Crippen LogP contribution in [0.1, 0.15) is 6.92 Å². The Labute approximate surface area is 84.6 Å². The molecule has 6 heteroatoms. The van der Waals surface area contributed by atoms with E-state index in [0.717, 1.165) is 12.1 Å². The lowest BCUT2D eigenvalue weighted by Crippen LogP contribution is -2.22. The van der Waals surface area contributed by atoms with Crippen molar-refractivity contribution < 1.29 is 22.6 Å². The van der Waals surface area contributed by atoms with Crippen LogP contribution in [0.4, 0.5) is 13.2 Å². The number of rotatable bonds is 3. The average Bonchev–Trinajstić information content (AvgIpc) is 2.05. The predicted octanol–water partition coefficient (Wildman–Crippen LogP) is 2.27. The van der Waals surface area contributed by atoms with Crippen LogP contribution in [0.15, 0.2) is 24.3 Å². The number of halogens is 3. The van der Waals surface area contributed by atoms with Crippen molar-refractivity contribution in [3.63, 3.8) is 0 Å². The third kappa shape index (κ3) is 4.55. The zero-order valence-electron chi connectivity index (χ0n) is 7.91. The van der Waals surface area contributed by atoms with E-state index in [1.165, 1.54) is 12.1 Å². The summed E-state index contributed by atoms with van der Waals surface area (Å²) in [5, 5.41) is 0. The molecule has 0 heterocycles. The molecule has 0 amide bonds. The van der Waals surface area contributed by atoms with E-state index >= 15 is 0 Å². The van der Waals surface area contributed by atoms with Crippen molar-refractivity contribution in [2.45, 2.75) is 19.5 Å². The second-order valence-electron chi connectivity index (χ2n) is 2.84. The molecule has 0 fully saturated rings. The number of nitrogens with two attached hydrogens (primary N) is 1. The Morgan fingerprint density at radius 1 is 1.13 bits per heavy atom. The fraction of sp³-hybridized carbons (Fsp3) is 0.333. The molecule has 1 aromatic carbocycles. The molecule has 0 aromatic heterocycles. The highest BCUT2D eigenvalue weighted by Crippen LogP contribution is 2.24. The van der Waals surface area contributed by atoms with Crippen LogP contribution in [-0.4, -0.2) is 12.6 Å². The first-order valence-electron chi connectivity index (χ1n) is 4.15. The van der Waals surface area contributed by atoms with Crippen molar-refractivity contribution in [2.24, 2.45) is 5.73 Å². The van der Waals surface area contributed by atoms with Gasteiger partial charge >= 0.3 is 6.36 Å². The molecule has 0 spiro atoms. The summed E-state index contributed by atoms with van der Waals surface area (Å²) in [7, 11) is 0. The van der Waals surface area contributed by atoms with E-state index in [1.807, 2.05) is 0 Å². The van der Waals surface area contributed by atoms with Crippen LogP contribution in [0, 0.1) is 0 Å². The third-order valence-electron chi connectivity index (χ3n) is 1.38. The molecule has 0 saturated heterocycles. The SMILES string of the molecule is CC(N)Oc1ccc(OC(F)(F)F)cc1. The Kier molecular flexibility index (Phi) is 3.41. The number of ether oxygens (including phenoxy) is 2. The minimum Gasteiger partial charge on any atom is -0.476 e. The van der Waals surface area contributed by atoms with Crippen molar-refractivity contribution in [3.05, 3.63) is 24.3 Å². The average molecular weight is 221 g/mol. The predicted molar refractivity (Wildman–Crippen MR) is 47.4 cm³/mol. The molecule has 0 aliphatic heterocycles. The fourth-order valence-corrected chi connectivity index (χ4v) is 0.935. The van der Waals surface area contributed by atoms with Crippen LogP contribution in [0.2, 0.25) is 0 Å². The maximum absolute atomic E-state index is 11.8. The van der Waals surface area contributed by atoms with E-state index in [-0.39, 0.29) is 5.75 Å². The maximum Gasteiger partial charge on any atom is 0.573 e. The summed E-state index contributed by atoms with van der Waals surface area (Å²) in [6.07, 6.45) is -5.19. The first-order chi connectivity index (χ1) is 6.87. The van der Waals surface area contributed by atoms with Crippen LogP contribution in [0.3, 0.4) is 0 Å². The molecule has 0 aliphatic carbocycles. The topological polar surface area (TPSA) is 44.5 Å². The lowest BCUT2D eigenvalue weighted by atomic mass is 10.3. The van der Waals surface area contributed by atoms with Gasteiger partial charge < -0.3 is 9.47 Å². The summed E-state index contributed by atoms with van der Waals surface area (Å²) < 4.78 is 44.1. The summed E-state index contributed by atoms with van der Waals surface area (Å²) in [5.41, 5.74) is 5.33.